The average molecular weight is 247 g/mol. The molecule has 18 heavy (non-hydrogen) atoms. The summed E-state index contributed by atoms with van der Waals surface area (Å²) in [6.45, 7) is 6.27. The lowest BCUT2D eigenvalue weighted by Gasteiger charge is -2.17. The van der Waals surface area contributed by atoms with E-state index in [0.29, 0.717) is 5.82 Å². The minimum absolute atomic E-state index is 0.0129. The summed E-state index contributed by atoms with van der Waals surface area (Å²) in [5.74, 6) is 0.805. The highest BCUT2D eigenvalue weighted by Gasteiger charge is 2.23. The third-order valence-corrected chi connectivity index (χ3v) is 3.41. The van der Waals surface area contributed by atoms with E-state index in [2.05, 4.69) is 36.3 Å². The molecule has 1 aliphatic rings. The van der Waals surface area contributed by atoms with Crippen molar-refractivity contribution in [3.63, 3.8) is 0 Å². The Morgan fingerprint density at radius 2 is 1.89 bits per heavy atom. The van der Waals surface area contributed by atoms with Gasteiger partial charge < -0.3 is 5.32 Å². The van der Waals surface area contributed by atoms with Crippen LogP contribution in [0, 0.1) is 5.92 Å². The molecule has 0 atom stereocenters. The molecule has 1 fully saturated rings. The second-order valence-electron chi connectivity index (χ2n) is 6.02. The molecule has 1 saturated carbocycles. The van der Waals surface area contributed by atoms with Gasteiger partial charge in [0.2, 0.25) is 5.91 Å². The molecule has 1 aliphatic carbocycles. The van der Waals surface area contributed by atoms with Gasteiger partial charge in [0.15, 0.2) is 5.82 Å². The second-order valence-corrected chi connectivity index (χ2v) is 6.02. The maximum atomic E-state index is 11.9. The Balaban J connectivity index is 2.00. The van der Waals surface area contributed by atoms with Gasteiger partial charge in [0.05, 0.1) is 5.69 Å². The Bertz CT molecular complexity index is 414. The third-order valence-electron chi connectivity index (χ3n) is 3.41. The molecule has 0 radical (unpaired) electrons. The van der Waals surface area contributed by atoms with Gasteiger partial charge in [-0.2, -0.15) is 5.10 Å². The number of aromatic nitrogens is 2. The Hall–Kier alpha value is -1.45. The predicted octanol–water partition coefficient (Wildman–Crippen LogP) is 2.90. The van der Waals surface area contributed by atoms with Crippen LogP contribution in [-0.2, 0) is 10.2 Å². The molecule has 98 valence electrons. The van der Waals surface area contributed by atoms with Crippen LogP contribution in [0.3, 0.4) is 0 Å². The van der Waals surface area contributed by atoms with E-state index in [9.17, 15) is 4.79 Å². The summed E-state index contributed by atoms with van der Waals surface area (Å²) >= 11 is 0. The molecule has 4 heteroatoms. The number of nitrogens with one attached hydrogen (secondary N) is 1. The average Bonchev–Trinajstić information content (AvgIpc) is 2.82. The predicted molar refractivity (Wildman–Crippen MR) is 71.3 cm³/mol. The molecule has 1 N–H and O–H groups in total. The minimum Gasteiger partial charge on any atom is -0.309 e. The second kappa shape index (κ2) is 5.04. The van der Waals surface area contributed by atoms with E-state index >= 15 is 0 Å². The topological polar surface area (TPSA) is 54.9 Å². The summed E-state index contributed by atoms with van der Waals surface area (Å²) in [6.07, 6.45) is 4.32. The van der Waals surface area contributed by atoms with Crippen LogP contribution < -0.4 is 5.32 Å². The molecule has 1 heterocycles. The lowest BCUT2D eigenvalue weighted by molar-refractivity contribution is -0.119. The largest absolute Gasteiger partial charge is 0.309 e. The maximum Gasteiger partial charge on any atom is 0.228 e. The van der Waals surface area contributed by atoms with Crippen LogP contribution in [0.25, 0.3) is 0 Å². The van der Waals surface area contributed by atoms with E-state index in [1.165, 1.54) is 0 Å². The Labute approximate surface area is 108 Å². The quantitative estimate of drug-likeness (QED) is 0.874. The zero-order chi connectivity index (χ0) is 13.2. The Kier molecular flexibility index (Phi) is 3.64. The molecule has 1 amide bonds. The first kappa shape index (κ1) is 13.0. The highest BCUT2D eigenvalue weighted by atomic mass is 16.1. The normalized spacial score (nSPS) is 16.8. The molecule has 0 saturated heterocycles. The molecule has 1 aromatic heterocycles. The van der Waals surface area contributed by atoms with E-state index in [4.69, 9.17) is 0 Å². The van der Waals surface area contributed by atoms with E-state index in [1.54, 1.807) is 0 Å². The summed E-state index contributed by atoms with van der Waals surface area (Å²) in [7, 11) is 0. The van der Waals surface area contributed by atoms with Gasteiger partial charge in [0.25, 0.3) is 0 Å². The maximum absolute atomic E-state index is 11.9. The van der Waals surface area contributed by atoms with Crippen LogP contribution in [0.2, 0.25) is 0 Å². The van der Waals surface area contributed by atoms with Gasteiger partial charge in [-0.3, -0.25) is 4.79 Å². The van der Waals surface area contributed by atoms with Crippen LogP contribution in [0.15, 0.2) is 12.1 Å². The van der Waals surface area contributed by atoms with Crippen molar-refractivity contribution in [1.82, 2.24) is 10.2 Å². The number of hydrogen-bond donors (Lipinski definition) is 1. The first-order valence-electron chi connectivity index (χ1n) is 6.62. The molecule has 4 nitrogen and oxygen atoms in total. The molecule has 0 bridgehead atoms. The van der Waals surface area contributed by atoms with Gasteiger partial charge in [-0.1, -0.05) is 33.6 Å². The lowest BCUT2D eigenvalue weighted by atomic mass is 9.92. The monoisotopic (exact) mass is 247 g/mol. The number of anilines is 1. The van der Waals surface area contributed by atoms with Gasteiger partial charge in [0.1, 0.15) is 0 Å². The van der Waals surface area contributed by atoms with Gasteiger partial charge in [0, 0.05) is 11.3 Å². The van der Waals surface area contributed by atoms with E-state index in [0.717, 1.165) is 31.4 Å². The smallest absolute Gasteiger partial charge is 0.228 e. The number of nitrogens with zero attached hydrogens (tertiary/aromatic N) is 2. The van der Waals surface area contributed by atoms with Crippen LogP contribution in [0.1, 0.15) is 52.1 Å². The van der Waals surface area contributed by atoms with Crippen molar-refractivity contribution in [2.75, 3.05) is 5.32 Å². The van der Waals surface area contributed by atoms with Crippen molar-refractivity contribution in [3.05, 3.63) is 17.8 Å². The van der Waals surface area contributed by atoms with Crippen molar-refractivity contribution in [3.8, 4) is 0 Å². The number of carbonyl (C=O) groups excluding carboxylic acids is 1. The number of rotatable bonds is 2. The van der Waals surface area contributed by atoms with Gasteiger partial charge >= 0.3 is 0 Å². The Morgan fingerprint density at radius 1 is 1.22 bits per heavy atom. The van der Waals surface area contributed by atoms with Crippen molar-refractivity contribution < 1.29 is 4.79 Å². The highest BCUT2D eigenvalue weighted by molar-refractivity contribution is 5.91. The first-order chi connectivity index (χ1) is 8.47. The van der Waals surface area contributed by atoms with E-state index in [-0.39, 0.29) is 17.2 Å². The van der Waals surface area contributed by atoms with Crippen LogP contribution in [-0.4, -0.2) is 16.1 Å². The number of hydrogen-bond acceptors (Lipinski definition) is 3. The summed E-state index contributed by atoms with van der Waals surface area (Å²) in [6, 6.07) is 3.76. The fraction of sp³-hybridized carbons (Fsp3) is 0.643. The van der Waals surface area contributed by atoms with Gasteiger partial charge in [-0.15, -0.1) is 5.10 Å². The number of carbonyl (C=O) groups is 1. The molecule has 0 aromatic carbocycles. The molecular formula is C14H21N3O. The van der Waals surface area contributed by atoms with Crippen LogP contribution in [0.4, 0.5) is 5.82 Å². The summed E-state index contributed by atoms with van der Waals surface area (Å²) in [5, 5.41) is 11.1. The van der Waals surface area contributed by atoms with Crippen molar-refractivity contribution >= 4 is 11.7 Å². The fourth-order valence-electron chi connectivity index (χ4n) is 2.22. The summed E-state index contributed by atoms with van der Waals surface area (Å²) < 4.78 is 0. The van der Waals surface area contributed by atoms with Gasteiger partial charge in [-0.05, 0) is 25.0 Å². The molecule has 0 unspecified atom stereocenters. The lowest BCUT2D eigenvalue weighted by Crippen LogP contribution is -2.22. The van der Waals surface area contributed by atoms with Gasteiger partial charge in [-0.25, -0.2) is 0 Å². The molecular weight excluding hydrogens is 226 g/mol. The molecule has 1 aromatic rings. The number of amides is 1. The zero-order valence-electron chi connectivity index (χ0n) is 11.4. The SMILES string of the molecule is CC(C)(C)c1ccc(NC(=O)C2CCCC2)nn1. The van der Waals surface area contributed by atoms with E-state index < -0.39 is 0 Å². The Morgan fingerprint density at radius 3 is 2.39 bits per heavy atom. The third kappa shape index (κ3) is 3.06. The summed E-state index contributed by atoms with van der Waals surface area (Å²) in [5.41, 5.74) is 0.919. The molecule has 2 rings (SSSR count). The van der Waals surface area contributed by atoms with Crippen LogP contribution >= 0.6 is 0 Å². The minimum atomic E-state index is -0.0129. The first-order valence-corrected chi connectivity index (χ1v) is 6.62. The fourth-order valence-corrected chi connectivity index (χ4v) is 2.22. The van der Waals surface area contributed by atoms with E-state index in [1.807, 2.05) is 12.1 Å². The standard InChI is InChI=1S/C14H21N3O/c1-14(2,3)11-8-9-12(17-16-11)15-13(18)10-6-4-5-7-10/h8-10H,4-7H2,1-3H3,(H,15,17,18). The molecule has 0 spiro atoms. The van der Waals surface area contributed by atoms with Crippen LogP contribution in [0.5, 0.6) is 0 Å². The van der Waals surface area contributed by atoms with Crippen molar-refractivity contribution in [1.29, 1.82) is 0 Å². The highest BCUT2D eigenvalue weighted by Crippen LogP contribution is 2.26. The zero-order valence-corrected chi connectivity index (χ0v) is 11.4. The van der Waals surface area contributed by atoms with Crippen molar-refractivity contribution in [2.24, 2.45) is 5.92 Å². The molecule has 0 aliphatic heterocycles. The summed E-state index contributed by atoms with van der Waals surface area (Å²) in [4.78, 5) is 11.9. The van der Waals surface area contributed by atoms with Crippen molar-refractivity contribution in [2.45, 2.75) is 51.9 Å².